The molecule has 0 bridgehead atoms. The number of aromatic amines is 1. The quantitative estimate of drug-likeness (QED) is 0.706. The maximum Gasteiger partial charge on any atom is 0.230 e. The summed E-state index contributed by atoms with van der Waals surface area (Å²) in [4.78, 5) is 17.1. The molecule has 2 aliphatic carbocycles. The van der Waals surface area contributed by atoms with Crippen molar-refractivity contribution >= 4 is 5.78 Å². The molecule has 1 saturated carbocycles. The third-order valence-electron chi connectivity index (χ3n) is 5.53. The average molecular weight is 348 g/mol. The molecule has 0 spiro atoms. The first kappa shape index (κ1) is 15.5. The van der Waals surface area contributed by atoms with Gasteiger partial charge in [0.15, 0.2) is 5.78 Å². The minimum atomic E-state index is 0.158. The highest BCUT2D eigenvalue weighted by molar-refractivity contribution is 5.97. The number of fused-ring (bicyclic) bond motifs is 1. The molecule has 3 aromatic rings. The minimum absolute atomic E-state index is 0.158. The predicted molar refractivity (Wildman–Crippen MR) is 95.0 cm³/mol. The van der Waals surface area contributed by atoms with Crippen molar-refractivity contribution in [3.05, 3.63) is 52.7 Å². The Morgan fingerprint density at radius 1 is 1.31 bits per heavy atom. The van der Waals surface area contributed by atoms with Crippen molar-refractivity contribution < 1.29 is 9.32 Å². The molecule has 1 fully saturated rings. The van der Waals surface area contributed by atoms with Crippen LogP contribution >= 0.6 is 0 Å². The molecule has 0 aliphatic heterocycles. The maximum atomic E-state index is 12.6. The van der Waals surface area contributed by atoms with Gasteiger partial charge in [-0.2, -0.15) is 10.1 Å². The lowest BCUT2D eigenvalue weighted by atomic mass is 9.93. The zero-order valence-corrected chi connectivity index (χ0v) is 14.7. The van der Waals surface area contributed by atoms with E-state index in [2.05, 4.69) is 32.5 Å². The third kappa shape index (κ3) is 2.66. The molecule has 0 saturated heterocycles. The summed E-state index contributed by atoms with van der Waals surface area (Å²) in [5.74, 6) is 2.33. The van der Waals surface area contributed by atoms with Crippen molar-refractivity contribution in [3.63, 3.8) is 0 Å². The number of hydrogen-bond acceptors (Lipinski definition) is 5. The predicted octanol–water partition coefficient (Wildman–Crippen LogP) is 3.95. The number of ketones is 1. The SMILES string of the molecule is Cc1[nH]ncc1C(=O)C[C@@H]1CCc2cc(-c3noc(C4CC4)n3)ccc21. The Balaban J connectivity index is 1.36. The number of carbonyl (C=O) groups excluding carboxylic acids is 1. The number of benzene rings is 1. The summed E-state index contributed by atoms with van der Waals surface area (Å²) < 4.78 is 5.37. The first-order valence-corrected chi connectivity index (χ1v) is 9.19. The van der Waals surface area contributed by atoms with Gasteiger partial charge in [-0.3, -0.25) is 9.89 Å². The van der Waals surface area contributed by atoms with Gasteiger partial charge in [-0.15, -0.1) is 0 Å². The molecule has 0 radical (unpaired) electrons. The molecule has 0 amide bonds. The summed E-state index contributed by atoms with van der Waals surface area (Å²) in [5, 5.41) is 10.9. The molecule has 26 heavy (non-hydrogen) atoms. The molecule has 6 nitrogen and oxygen atoms in total. The van der Waals surface area contributed by atoms with Gasteiger partial charge >= 0.3 is 0 Å². The number of aryl methyl sites for hydroxylation is 2. The molecular formula is C20H20N4O2. The van der Waals surface area contributed by atoms with Crippen LogP contribution in [0.1, 0.15) is 70.6 Å². The van der Waals surface area contributed by atoms with Crippen LogP contribution in [0.2, 0.25) is 0 Å². The Morgan fingerprint density at radius 2 is 2.19 bits per heavy atom. The van der Waals surface area contributed by atoms with E-state index in [4.69, 9.17) is 4.52 Å². The Morgan fingerprint density at radius 3 is 2.96 bits per heavy atom. The van der Waals surface area contributed by atoms with Crippen LogP contribution < -0.4 is 0 Å². The van der Waals surface area contributed by atoms with Gasteiger partial charge in [0.1, 0.15) is 0 Å². The second-order valence-corrected chi connectivity index (χ2v) is 7.42. The van der Waals surface area contributed by atoms with Gasteiger partial charge in [-0.25, -0.2) is 0 Å². The summed E-state index contributed by atoms with van der Waals surface area (Å²) in [5.41, 5.74) is 5.11. The van der Waals surface area contributed by atoms with Gasteiger partial charge in [-0.05, 0) is 55.7 Å². The van der Waals surface area contributed by atoms with Gasteiger partial charge in [0.2, 0.25) is 11.7 Å². The van der Waals surface area contributed by atoms with Crippen molar-refractivity contribution in [3.8, 4) is 11.4 Å². The van der Waals surface area contributed by atoms with E-state index in [1.54, 1.807) is 6.20 Å². The van der Waals surface area contributed by atoms with Crippen LogP contribution in [0.25, 0.3) is 11.4 Å². The number of aromatic nitrogens is 4. The molecule has 2 aliphatic rings. The van der Waals surface area contributed by atoms with Gasteiger partial charge in [0.05, 0.1) is 11.8 Å². The fourth-order valence-electron chi connectivity index (χ4n) is 3.87. The number of H-pyrrole nitrogens is 1. The molecule has 0 unspecified atom stereocenters. The second-order valence-electron chi connectivity index (χ2n) is 7.42. The molecule has 5 rings (SSSR count). The normalized spacial score (nSPS) is 18.9. The van der Waals surface area contributed by atoms with E-state index in [-0.39, 0.29) is 11.7 Å². The van der Waals surface area contributed by atoms with E-state index in [1.165, 1.54) is 11.1 Å². The zero-order chi connectivity index (χ0) is 17.7. The van der Waals surface area contributed by atoms with Crippen LogP contribution in [-0.4, -0.2) is 26.1 Å². The van der Waals surface area contributed by atoms with E-state index >= 15 is 0 Å². The smallest absolute Gasteiger partial charge is 0.230 e. The monoisotopic (exact) mass is 348 g/mol. The molecular weight excluding hydrogens is 328 g/mol. The van der Waals surface area contributed by atoms with Crippen molar-refractivity contribution in [1.82, 2.24) is 20.3 Å². The van der Waals surface area contributed by atoms with E-state index in [0.717, 1.165) is 42.8 Å². The first-order valence-electron chi connectivity index (χ1n) is 9.19. The molecule has 1 atom stereocenters. The number of carbonyl (C=O) groups is 1. The molecule has 1 aromatic carbocycles. The molecule has 2 aromatic heterocycles. The van der Waals surface area contributed by atoms with Crippen LogP contribution in [0.4, 0.5) is 0 Å². The third-order valence-corrected chi connectivity index (χ3v) is 5.53. The lowest BCUT2D eigenvalue weighted by molar-refractivity contribution is 0.0973. The van der Waals surface area contributed by atoms with Crippen LogP contribution in [0, 0.1) is 6.92 Å². The Kier molecular flexibility index (Phi) is 3.51. The molecule has 132 valence electrons. The number of rotatable bonds is 5. The first-order chi connectivity index (χ1) is 12.7. The van der Waals surface area contributed by atoms with Crippen LogP contribution in [-0.2, 0) is 6.42 Å². The van der Waals surface area contributed by atoms with Crippen molar-refractivity contribution in [2.45, 2.75) is 50.9 Å². The lowest BCUT2D eigenvalue weighted by Gasteiger charge is -2.11. The van der Waals surface area contributed by atoms with Gasteiger partial charge in [0.25, 0.3) is 0 Å². The summed E-state index contributed by atoms with van der Waals surface area (Å²) in [6.07, 6.45) is 6.44. The van der Waals surface area contributed by atoms with Crippen LogP contribution in [0.15, 0.2) is 28.9 Å². The van der Waals surface area contributed by atoms with E-state index in [1.807, 2.05) is 13.0 Å². The summed E-state index contributed by atoms with van der Waals surface area (Å²) in [6, 6.07) is 6.34. The maximum absolute atomic E-state index is 12.6. The molecule has 2 heterocycles. The Bertz CT molecular complexity index is 983. The summed E-state index contributed by atoms with van der Waals surface area (Å²) in [6.45, 7) is 1.88. The minimum Gasteiger partial charge on any atom is -0.339 e. The van der Waals surface area contributed by atoms with Gasteiger partial charge in [-0.1, -0.05) is 17.3 Å². The zero-order valence-electron chi connectivity index (χ0n) is 14.7. The number of nitrogens with zero attached hydrogens (tertiary/aromatic N) is 3. The standard InChI is InChI=1S/C20H20N4O2/c1-11-17(10-21-23-11)18(25)9-14-5-4-13-8-15(6-7-16(13)14)19-22-20(26-24-19)12-2-3-12/h6-8,10,12,14H,2-5,9H2,1H3,(H,21,23)/t14-/m0/s1. The highest BCUT2D eigenvalue weighted by Crippen LogP contribution is 2.41. The average Bonchev–Trinajstić information content (AvgIpc) is 3.05. The summed E-state index contributed by atoms with van der Waals surface area (Å²) in [7, 11) is 0. The molecule has 6 heteroatoms. The van der Waals surface area contributed by atoms with E-state index in [9.17, 15) is 4.79 Å². The highest BCUT2D eigenvalue weighted by Gasteiger charge is 2.30. The topological polar surface area (TPSA) is 84.7 Å². The fraction of sp³-hybridized carbons (Fsp3) is 0.400. The highest BCUT2D eigenvalue weighted by atomic mass is 16.5. The van der Waals surface area contributed by atoms with Crippen molar-refractivity contribution in [2.24, 2.45) is 0 Å². The van der Waals surface area contributed by atoms with Crippen LogP contribution in [0.3, 0.4) is 0 Å². The Labute approximate surface area is 151 Å². The Hall–Kier alpha value is -2.76. The molecule has 1 N–H and O–H groups in total. The van der Waals surface area contributed by atoms with E-state index in [0.29, 0.717) is 23.7 Å². The lowest BCUT2D eigenvalue weighted by Crippen LogP contribution is -2.06. The largest absolute Gasteiger partial charge is 0.339 e. The van der Waals surface area contributed by atoms with Crippen LogP contribution in [0.5, 0.6) is 0 Å². The van der Waals surface area contributed by atoms with Crippen molar-refractivity contribution in [2.75, 3.05) is 0 Å². The second kappa shape index (κ2) is 5.90. The van der Waals surface area contributed by atoms with E-state index < -0.39 is 0 Å². The number of Topliss-reactive ketones (excluding diaryl/α,β-unsaturated/α-hetero) is 1. The fourth-order valence-corrected chi connectivity index (χ4v) is 3.87. The summed E-state index contributed by atoms with van der Waals surface area (Å²) >= 11 is 0. The van der Waals surface area contributed by atoms with Gasteiger partial charge < -0.3 is 4.52 Å². The van der Waals surface area contributed by atoms with Crippen molar-refractivity contribution in [1.29, 1.82) is 0 Å². The van der Waals surface area contributed by atoms with Gasteiger partial charge in [0, 0.05) is 23.6 Å². The number of nitrogens with one attached hydrogen (secondary N) is 1. The number of hydrogen-bond donors (Lipinski definition) is 1.